The molecule has 0 aromatic rings. The summed E-state index contributed by atoms with van der Waals surface area (Å²) in [6, 6.07) is -0.975. The highest BCUT2D eigenvalue weighted by atomic mass is 16.5. The predicted molar refractivity (Wildman–Crippen MR) is 344 cm³/mol. The molecule has 1 saturated carbocycles. The van der Waals surface area contributed by atoms with Gasteiger partial charge in [0.15, 0.2) is 0 Å². The van der Waals surface area contributed by atoms with Crippen molar-refractivity contribution in [1.29, 1.82) is 0 Å². The Morgan fingerprint density at radius 3 is 1.48 bits per heavy atom. The highest BCUT2D eigenvalue weighted by Gasteiger charge is 2.37. The smallest absolute Gasteiger partial charge is 0.323 e. The van der Waals surface area contributed by atoms with Gasteiger partial charge in [-0.2, -0.15) is 0 Å². The number of hydrogen-bond donors (Lipinski definition) is 14. The van der Waals surface area contributed by atoms with Gasteiger partial charge in [0, 0.05) is 25.0 Å². The first-order valence-electron chi connectivity index (χ1n) is 30.8. The van der Waals surface area contributed by atoms with Crippen LogP contribution in [-0.2, 0) is 14.3 Å². The Morgan fingerprint density at radius 1 is 0.683 bits per heavy atom. The quantitative estimate of drug-likeness (QED) is 0.0173. The first kappa shape index (κ1) is 88.2. The minimum Gasteiger partial charge on any atom is -0.511 e. The molecule has 14 N–H and O–H groups in total. The normalized spacial score (nSPS) is 18.5. The Bertz CT molecular complexity index is 1600. The van der Waals surface area contributed by atoms with Gasteiger partial charge in [0.2, 0.25) is 0 Å². The summed E-state index contributed by atoms with van der Waals surface area (Å²) >= 11 is 0. The lowest BCUT2D eigenvalue weighted by atomic mass is 9.86. The summed E-state index contributed by atoms with van der Waals surface area (Å²) in [6.45, 7) is 63.9. The van der Waals surface area contributed by atoms with Gasteiger partial charge in [0.1, 0.15) is 23.3 Å². The number of Topliss-reactive ketones (excluding diaryl/α,β-unsaturated/α-hetero) is 1. The molecular formula is C64H135N7O11. The molecule has 0 amide bonds. The molecule has 1 heterocycles. The molecule has 0 aromatic carbocycles. The molecule has 2 aliphatic rings. The fourth-order valence-corrected chi connectivity index (χ4v) is 7.36. The van der Waals surface area contributed by atoms with Crippen LogP contribution in [0, 0.1) is 52.8 Å². The molecular weight excluding hydrogens is 1040 g/mol. The van der Waals surface area contributed by atoms with E-state index >= 15 is 0 Å². The Kier molecular flexibility index (Phi) is 54.4. The summed E-state index contributed by atoms with van der Waals surface area (Å²) < 4.78 is 5.42. The van der Waals surface area contributed by atoms with Gasteiger partial charge in [0.25, 0.3) is 0 Å². The second-order valence-electron chi connectivity index (χ2n) is 26.5. The van der Waals surface area contributed by atoms with Gasteiger partial charge in [0.05, 0.1) is 62.4 Å². The van der Waals surface area contributed by atoms with Crippen molar-refractivity contribution in [1.82, 2.24) is 36.8 Å². The van der Waals surface area contributed by atoms with Crippen LogP contribution >= 0.6 is 0 Å². The fraction of sp³-hybridized carbons (Fsp3) is 0.875. The molecule has 18 heteroatoms. The van der Waals surface area contributed by atoms with Crippen LogP contribution in [0.2, 0.25) is 0 Å². The van der Waals surface area contributed by atoms with Crippen LogP contribution in [0.3, 0.4) is 0 Å². The van der Waals surface area contributed by atoms with E-state index < -0.39 is 29.2 Å². The third kappa shape index (κ3) is 50.7. The molecule has 2 fully saturated rings. The lowest BCUT2D eigenvalue weighted by Crippen LogP contribution is -2.54. The van der Waals surface area contributed by atoms with Crippen LogP contribution in [-0.4, -0.2) is 198 Å². The van der Waals surface area contributed by atoms with E-state index in [9.17, 15) is 14.7 Å². The zero-order chi connectivity index (χ0) is 65.0. The second kappa shape index (κ2) is 50.6. The minimum atomic E-state index is -1.01. The number of likely N-dealkylation sites (tertiary alicyclic amines) is 1. The molecule has 0 aromatic heterocycles. The van der Waals surface area contributed by atoms with Crippen molar-refractivity contribution in [2.45, 2.75) is 206 Å². The summed E-state index contributed by atoms with van der Waals surface area (Å²) in [6.07, 6.45) is 4.47. The number of aliphatic hydroxyl groups is 7. The summed E-state index contributed by atoms with van der Waals surface area (Å²) in [5.41, 5.74) is 0.0648. The summed E-state index contributed by atoms with van der Waals surface area (Å²) in [5.74, 6) is 4.91. The lowest BCUT2D eigenvalue weighted by molar-refractivity contribution is -0.140. The van der Waals surface area contributed by atoms with E-state index in [1.54, 1.807) is 20.8 Å². The van der Waals surface area contributed by atoms with Crippen LogP contribution in [0.25, 0.3) is 0 Å². The molecule has 18 nitrogen and oxygen atoms in total. The Hall–Kier alpha value is -2.56. The maximum absolute atomic E-state index is 11.4. The van der Waals surface area contributed by atoms with Crippen LogP contribution < -0.4 is 31.9 Å². The van der Waals surface area contributed by atoms with Crippen LogP contribution in [0.5, 0.6) is 0 Å². The molecule has 0 spiro atoms. The van der Waals surface area contributed by atoms with Crippen molar-refractivity contribution in [3.63, 3.8) is 0 Å². The minimum absolute atomic E-state index is 0.0225. The van der Waals surface area contributed by atoms with E-state index in [4.69, 9.17) is 40.5 Å². The van der Waals surface area contributed by atoms with Crippen LogP contribution in [0.1, 0.15) is 171 Å². The summed E-state index contributed by atoms with van der Waals surface area (Å²) in [5, 5.41) is 89.7. The number of carboxylic acids is 1. The van der Waals surface area contributed by atoms with Crippen molar-refractivity contribution in [2.24, 2.45) is 52.8 Å². The van der Waals surface area contributed by atoms with Crippen LogP contribution in [0.4, 0.5) is 0 Å². The molecule has 7 unspecified atom stereocenters. The Balaban J connectivity index is -0.000000283. The molecule has 2 rings (SSSR count). The average Bonchev–Trinajstić information content (AvgIpc) is 3.97. The standard InChI is InChI=1S/C11H23NO2.C11H21NO.C11H21N.C9H21NO2.C9H19NO2.C7H15NO3.C6H15NO/c1-8(2)6-12-11(7-13)10(5)14-9(3)4;1-9(2)7-12-6-5-11(4,8-12)10(3)13;1-9(2)7-12-8-11-5-4-10(3)6-11;2*1-7(2)5-10-9(4,6-11)8(3)12;1-5(2)3-8-6(4-9)7(10)11;1-6(2)5-7-3-4-8/h8-9,11-13H,5-7H2,1-4H3;9H,5-8H2,1-4H3;9,11-12H,3-8H2,1-2H3;7-8,10-12H,5-6H2,1-4H3;7,10-12H,3,5-6H2,1-2,4H3;5-6,8-9H,3-4H2,1-2H3,(H,10,11);6-8H,3-5H2,1-2H3. The number of nitrogens with one attached hydrogen (secondary N) is 6. The van der Waals surface area contributed by atoms with Gasteiger partial charge in [-0.05, 0) is 167 Å². The number of carbonyl (C=O) groups excluding carboxylic acids is 1. The van der Waals surface area contributed by atoms with Gasteiger partial charge < -0.3 is 82.4 Å². The third-order valence-electron chi connectivity index (χ3n) is 13.3. The number of carbonyl (C=O) groups is 2. The number of nitrogens with zero attached hydrogens (tertiary/aromatic N) is 1. The third-order valence-corrected chi connectivity index (χ3v) is 13.3. The van der Waals surface area contributed by atoms with E-state index in [0.29, 0.717) is 53.6 Å². The summed E-state index contributed by atoms with van der Waals surface area (Å²) in [7, 11) is 0. The highest BCUT2D eigenvalue weighted by Crippen LogP contribution is 2.31. The molecule has 0 radical (unpaired) electrons. The average molecular weight is 1180 g/mol. The first-order valence-corrected chi connectivity index (χ1v) is 30.8. The fourth-order valence-electron chi connectivity index (χ4n) is 7.36. The van der Waals surface area contributed by atoms with Crippen molar-refractivity contribution in [3.8, 4) is 0 Å². The number of ketones is 1. The number of aliphatic carboxylic acids is 1. The van der Waals surface area contributed by atoms with Gasteiger partial charge >= 0.3 is 5.97 Å². The lowest BCUT2D eigenvalue weighted by Gasteiger charge is -2.32. The predicted octanol–water partition coefficient (Wildman–Crippen LogP) is 7.38. The SMILES string of the molecule is C=C(O)C(C)(CO)NCC(C)C.C=C(OC(C)C)C(CO)NCC(C)C.C=C1CCC(CNCC(C)C)C1.CC(=O)C1(C)CCN(CC(C)C)C1.CC(C)CNC(C)(CO)C(C)O.CC(C)CNC(CO)C(=O)O.CC(C)CNCCO. The van der Waals surface area contributed by atoms with Gasteiger partial charge in [-0.15, -0.1) is 0 Å². The van der Waals surface area contributed by atoms with Crippen molar-refractivity contribution in [2.75, 3.05) is 105 Å². The number of ether oxygens (including phenoxy) is 1. The van der Waals surface area contributed by atoms with Crippen molar-refractivity contribution < 1.29 is 55.2 Å². The van der Waals surface area contributed by atoms with Gasteiger partial charge in [-0.25, -0.2) is 0 Å². The van der Waals surface area contributed by atoms with Gasteiger partial charge in [-0.1, -0.05) is 129 Å². The van der Waals surface area contributed by atoms with Gasteiger partial charge in [-0.3, -0.25) is 9.59 Å². The molecule has 1 aliphatic heterocycles. The Morgan fingerprint density at radius 2 is 1.15 bits per heavy atom. The van der Waals surface area contributed by atoms with E-state index in [2.05, 4.69) is 147 Å². The van der Waals surface area contributed by atoms with E-state index in [1.807, 2.05) is 34.6 Å². The second-order valence-corrected chi connectivity index (χ2v) is 26.5. The van der Waals surface area contributed by atoms with E-state index in [1.165, 1.54) is 31.4 Å². The van der Waals surface area contributed by atoms with Crippen molar-refractivity contribution in [3.05, 3.63) is 36.8 Å². The number of rotatable bonds is 33. The van der Waals surface area contributed by atoms with Crippen LogP contribution in [0.15, 0.2) is 36.8 Å². The number of hydrogen-bond acceptors (Lipinski definition) is 17. The first-order chi connectivity index (χ1) is 37.8. The molecule has 0 bridgehead atoms. The number of carboxylic acid groups (broad SMARTS) is 1. The largest absolute Gasteiger partial charge is 0.511 e. The zero-order valence-corrected chi connectivity index (χ0v) is 56.4. The van der Waals surface area contributed by atoms with Crippen molar-refractivity contribution >= 4 is 11.8 Å². The summed E-state index contributed by atoms with van der Waals surface area (Å²) in [4.78, 5) is 24.1. The number of allylic oxidation sites excluding steroid dienone is 1. The number of aliphatic hydroxyl groups excluding tert-OH is 7. The maximum Gasteiger partial charge on any atom is 0.323 e. The zero-order valence-electron chi connectivity index (χ0n) is 56.4. The topological polar surface area (TPSA) is 281 Å². The molecule has 492 valence electrons. The monoisotopic (exact) mass is 1180 g/mol. The highest BCUT2D eigenvalue weighted by molar-refractivity contribution is 5.82. The maximum atomic E-state index is 11.4. The molecule has 1 saturated heterocycles. The van der Waals surface area contributed by atoms with E-state index in [-0.39, 0.29) is 56.4 Å². The molecule has 7 atom stereocenters. The molecule has 82 heavy (non-hydrogen) atoms. The van der Waals surface area contributed by atoms with E-state index in [0.717, 1.165) is 77.2 Å². The Labute approximate surface area is 503 Å². The molecule has 1 aliphatic carbocycles.